The Hall–Kier alpha value is -2.48. The van der Waals surface area contributed by atoms with Crippen molar-refractivity contribution in [3.63, 3.8) is 0 Å². The fourth-order valence-corrected chi connectivity index (χ4v) is 2.29. The standard InChI is InChI=1S/C18H15Cl2N3O/c1-12-4-2-3-5-13(12)10-22-11-14(9-21)18(24)23-15-6-7-16(19)17(20)8-15/h2-8,11,22H,10H2,1H3,(H,23,24)/b14-11-. The Kier molecular flexibility index (Phi) is 6.25. The minimum atomic E-state index is -0.520. The van der Waals surface area contributed by atoms with E-state index in [0.717, 1.165) is 11.1 Å². The van der Waals surface area contributed by atoms with Gasteiger partial charge < -0.3 is 10.6 Å². The Balaban J connectivity index is 2.01. The zero-order valence-corrected chi connectivity index (χ0v) is 14.4. The molecule has 4 nitrogen and oxygen atoms in total. The molecule has 0 spiro atoms. The molecule has 0 aliphatic carbocycles. The second-order valence-corrected chi connectivity index (χ2v) is 5.87. The Morgan fingerprint density at radius 2 is 1.96 bits per heavy atom. The van der Waals surface area contributed by atoms with E-state index in [1.165, 1.54) is 12.3 Å². The molecule has 24 heavy (non-hydrogen) atoms. The van der Waals surface area contributed by atoms with Crippen LogP contribution in [0.25, 0.3) is 0 Å². The molecule has 0 saturated heterocycles. The minimum absolute atomic E-state index is 0.0327. The van der Waals surface area contributed by atoms with Gasteiger partial charge in [0.1, 0.15) is 11.6 Å². The highest BCUT2D eigenvalue weighted by Crippen LogP contribution is 2.25. The van der Waals surface area contributed by atoms with Gasteiger partial charge in [-0.25, -0.2) is 0 Å². The molecule has 0 aliphatic rings. The number of nitriles is 1. The van der Waals surface area contributed by atoms with Gasteiger partial charge in [0, 0.05) is 18.4 Å². The summed E-state index contributed by atoms with van der Waals surface area (Å²) in [6.07, 6.45) is 1.40. The summed E-state index contributed by atoms with van der Waals surface area (Å²) in [5, 5.41) is 15.5. The number of rotatable bonds is 5. The number of benzene rings is 2. The topological polar surface area (TPSA) is 64.9 Å². The first-order valence-corrected chi connectivity index (χ1v) is 7.91. The maximum Gasteiger partial charge on any atom is 0.267 e. The molecular formula is C18H15Cl2N3O. The molecule has 1 amide bonds. The highest BCUT2D eigenvalue weighted by molar-refractivity contribution is 6.42. The monoisotopic (exact) mass is 359 g/mol. The fraction of sp³-hybridized carbons (Fsp3) is 0.111. The maximum atomic E-state index is 12.1. The second kappa shape index (κ2) is 8.39. The number of carbonyl (C=O) groups is 1. The number of aryl methyl sites for hydroxylation is 1. The zero-order valence-electron chi connectivity index (χ0n) is 12.9. The van der Waals surface area contributed by atoms with Crippen LogP contribution < -0.4 is 10.6 Å². The van der Waals surface area contributed by atoms with E-state index in [4.69, 9.17) is 28.5 Å². The van der Waals surface area contributed by atoms with Gasteiger partial charge >= 0.3 is 0 Å². The Labute approximate surface area is 150 Å². The molecule has 2 N–H and O–H groups in total. The number of hydrogen-bond acceptors (Lipinski definition) is 3. The zero-order chi connectivity index (χ0) is 17.5. The quantitative estimate of drug-likeness (QED) is 0.612. The molecule has 0 radical (unpaired) electrons. The van der Waals surface area contributed by atoms with Crippen LogP contribution in [0.5, 0.6) is 0 Å². The normalized spacial score (nSPS) is 10.8. The first-order valence-electron chi connectivity index (χ1n) is 7.16. The van der Waals surface area contributed by atoms with Crippen molar-refractivity contribution in [1.29, 1.82) is 5.26 Å². The first kappa shape index (κ1) is 17.9. The van der Waals surface area contributed by atoms with E-state index in [9.17, 15) is 4.79 Å². The number of nitrogens with zero attached hydrogens (tertiary/aromatic N) is 1. The highest BCUT2D eigenvalue weighted by Gasteiger charge is 2.10. The lowest BCUT2D eigenvalue weighted by Crippen LogP contribution is -2.16. The molecule has 2 aromatic carbocycles. The molecule has 0 unspecified atom stereocenters. The van der Waals surface area contributed by atoms with Gasteiger partial charge in [-0.2, -0.15) is 5.26 Å². The van der Waals surface area contributed by atoms with Gasteiger partial charge in [0.15, 0.2) is 0 Å². The van der Waals surface area contributed by atoms with Crippen molar-refractivity contribution in [2.75, 3.05) is 5.32 Å². The van der Waals surface area contributed by atoms with Crippen LogP contribution in [0.3, 0.4) is 0 Å². The van der Waals surface area contributed by atoms with Gasteiger partial charge in [0.05, 0.1) is 10.0 Å². The predicted molar refractivity (Wildman–Crippen MR) is 96.8 cm³/mol. The van der Waals surface area contributed by atoms with Crippen LogP contribution >= 0.6 is 23.2 Å². The Morgan fingerprint density at radius 3 is 2.62 bits per heavy atom. The van der Waals surface area contributed by atoms with Crippen molar-refractivity contribution in [1.82, 2.24) is 5.32 Å². The van der Waals surface area contributed by atoms with E-state index in [0.29, 0.717) is 22.3 Å². The molecule has 0 saturated carbocycles. The lowest BCUT2D eigenvalue weighted by atomic mass is 10.1. The largest absolute Gasteiger partial charge is 0.386 e. The van der Waals surface area contributed by atoms with Crippen molar-refractivity contribution < 1.29 is 4.79 Å². The molecule has 122 valence electrons. The first-order chi connectivity index (χ1) is 11.5. The van der Waals surface area contributed by atoms with Crippen molar-refractivity contribution in [3.05, 3.63) is 75.4 Å². The Bertz CT molecular complexity index is 825. The van der Waals surface area contributed by atoms with Crippen LogP contribution in [-0.4, -0.2) is 5.91 Å². The summed E-state index contributed by atoms with van der Waals surface area (Å²) >= 11 is 11.7. The lowest BCUT2D eigenvalue weighted by Gasteiger charge is -2.07. The molecule has 0 atom stereocenters. The minimum Gasteiger partial charge on any atom is -0.386 e. The summed E-state index contributed by atoms with van der Waals surface area (Å²) in [4.78, 5) is 12.1. The highest BCUT2D eigenvalue weighted by atomic mass is 35.5. The summed E-state index contributed by atoms with van der Waals surface area (Å²) in [7, 11) is 0. The summed E-state index contributed by atoms with van der Waals surface area (Å²) < 4.78 is 0. The Morgan fingerprint density at radius 1 is 1.21 bits per heavy atom. The van der Waals surface area contributed by atoms with E-state index in [1.807, 2.05) is 37.3 Å². The van der Waals surface area contributed by atoms with E-state index >= 15 is 0 Å². The maximum absolute atomic E-state index is 12.1. The fourth-order valence-electron chi connectivity index (χ4n) is 1.99. The van der Waals surface area contributed by atoms with E-state index < -0.39 is 5.91 Å². The number of nitrogens with one attached hydrogen (secondary N) is 2. The van der Waals surface area contributed by atoms with Crippen molar-refractivity contribution in [2.45, 2.75) is 13.5 Å². The van der Waals surface area contributed by atoms with Crippen LogP contribution in [0.4, 0.5) is 5.69 Å². The van der Waals surface area contributed by atoms with Gasteiger partial charge in [-0.15, -0.1) is 0 Å². The number of amides is 1. The van der Waals surface area contributed by atoms with E-state index in [1.54, 1.807) is 12.1 Å². The number of carbonyl (C=O) groups excluding carboxylic acids is 1. The SMILES string of the molecule is Cc1ccccc1CN/C=C(/C#N)C(=O)Nc1ccc(Cl)c(Cl)c1. The van der Waals surface area contributed by atoms with Crippen LogP contribution in [-0.2, 0) is 11.3 Å². The number of anilines is 1. The van der Waals surface area contributed by atoms with Crippen molar-refractivity contribution in [3.8, 4) is 6.07 Å². The summed E-state index contributed by atoms with van der Waals surface area (Å²) in [6.45, 7) is 2.53. The van der Waals surface area contributed by atoms with Crippen LogP contribution in [0.2, 0.25) is 10.0 Å². The van der Waals surface area contributed by atoms with Crippen molar-refractivity contribution in [2.24, 2.45) is 0 Å². The van der Waals surface area contributed by atoms with Crippen LogP contribution in [0.15, 0.2) is 54.2 Å². The lowest BCUT2D eigenvalue weighted by molar-refractivity contribution is -0.112. The molecule has 6 heteroatoms. The second-order valence-electron chi connectivity index (χ2n) is 5.06. The van der Waals surface area contributed by atoms with Gasteiger partial charge in [-0.05, 0) is 36.2 Å². The third-order valence-electron chi connectivity index (χ3n) is 3.34. The van der Waals surface area contributed by atoms with Crippen molar-refractivity contribution >= 4 is 34.8 Å². The van der Waals surface area contributed by atoms with Crippen LogP contribution in [0, 0.1) is 18.3 Å². The van der Waals surface area contributed by atoms with E-state index in [-0.39, 0.29) is 5.57 Å². The molecule has 0 bridgehead atoms. The summed E-state index contributed by atoms with van der Waals surface area (Å²) in [5.41, 5.74) is 2.66. The predicted octanol–water partition coefficient (Wildman–Crippen LogP) is 4.44. The molecule has 0 aliphatic heterocycles. The van der Waals surface area contributed by atoms with Gasteiger partial charge in [0.25, 0.3) is 5.91 Å². The number of hydrogen-bond donors (Lipinski definition) is 2. The molecule has 2 rings (SSSR count). The van der Waals surface area contributed by atoms with Crippen LogP contribution in [0.1, 0.15) is 11.1 Å². The number of halogens is 2. The van der Waals surface area contributed by atoms with Gasteiger partial charge in [-0.1, -0.05) is 47.5 Å². The molecule has 0 aromatic heterocycles. The third-order valence-corrected chi connectivity index (χ3v) is 4.08. The molecule has 2 aromatic rings. The smallest absolute Gasteiger partial charge is 0.267 e. The molecular weight excluding hydrogens is 345 g/mol. The van der Waals surface area contributed by atoms with E-state index in [2.05, 4.69) is 10.6 Å². The summed E-state index contributed by atoms with van der Waals surface area (Å²) in [5.74, 6) is -0.520. The average molecular weight is 360 g/mol. The molecule has 0 heterocycles. The van der Waals surface area contributed by atoms with Gasteiger partial charge in [0.2, 0.25) is 0 Å². The third kappa shape index (κ3) is 4.76. The molecule has 0 fully saturated rings. The average Bonchev–Trinajstić information content (AvgIpc) is 2.56. The summed E-state index contributed by atoms with van der Waals surface area (Å²) in [6, 6.07) is 14.5. The van der Waals surface area contributed by atoms with Gasteiger partial charge in [-0.3, -0.25) is 4.79 Å².